The van der Waals surface area contributed by atoms with Crippen LogP contribution in [0.2, 0.25) is 0 Å². The Morgan fingerprint density at radius 3 is 3.00 bits per heavy atom. The Bertz CT molecular complexity index is 576. The van der Waals surface area contributed by atoms with Gasteiger partial charge in [-0.05, 0) is 25.8 Å². The van der Waals surface area contributed by atoms with Crippen LogP contribution in [0.3, 0.4) is 0 Å². The highest BCUT2D eigenvalue weighted by Crippen LogP contribution is 2.26. The minimum atomic E-state index is -0.257. The molecule has 0 bridgehead atoms. The molecule has 1 aromatic rings. The number of nitrogens with one attached hydrogen (secondary N) is 1. The highest BCUT2D eigenvalue weighted by molar-refractivity contribution is 5.96. The number of ether oxygens (including phenoxy) is 1. The maximum Gasteiger partial charge on any atom is 0.246 e. The minimum absolute atomic E-state index is 0.00555. The predicted molar refractivity (Wildman–Crippen MR) is 87.1 cm³/mol. The van der Waals surface area contributed by atoms with Crippen LogP contribution in [0.15, 0.2) is 18.7 Å². The van der Waals surface area contributed by atoms with Gasteiger partial charge in [0.2, 0.25) is 11.8 Å². The number of aromatic nitrogens is 2. The van der Waals surface area contributed by atoms with Crippen LogP contribution < -0.4 is 5.32 Å². The molecule has 23 heavy (non-hydrogen) atoms. The zero-order chi connectivity index (χ0) is 16.8. The smallest absolute Gasteiger partial charge is 0.246 e. The normalized spacial score (nSPS) is 17.6. The van der Waals surface area contributed by atoms with E-state index in [1.54, 1.807) is 11.7 Å². The van der Waals surface area contributed by atoms with Crippen LogP contribution in [-0.2, 0) is 21.4 Å². The summed E-state index contributed by atoms with van der Waals surface area (Å²) in [4.78, 5) is 25.2. The first kappa shape index (κ1) is 17.2. The third kappa shape index (κ3) is 4.41. The van der Waals surface area contributed by atoms with Crippen LogP contribution in [0.5, 0.6) is 0 Å². The molecule has 0 spiro atoms. The minimum Gasteiger partial charge on any atom is -0.381 e. The predicted octanol–water partition coefficient (Wildman–Crippen LogP) is 1.29. The van der Waals surface area contributed by atoms with Crippen molar-refractivity contribution in [2.75, 3.05) is 31.6 Å². The molecule has 7 heteroatoms. The van der Waals surface area contributed by atoms with Crippen molar-refractivity contribution in [3.05, 3.63) is 24.4 Å². The molecular formula is C16H24N4O3. The summed E-state index contributed by atoms with van der Waals surface area (Å²) in [6.07, 6.45) is 3.28. The van der Waals surface area contributed by atoms with E-state index in [0.29, 0.717) is 19.0 Å². The first-order chi connectivity index (χ1) is 11.0. The SMILES string of the molecule is C=CC(=O)N(CC)CC(=O)Nc1cc(C2CCCOC2)nn1C. The molecule has 0 saturated carbocycles. The van der Waals surface area contributed by atoms with Gasteiger partial charge in [-0.2, -0.15) is 5.10 Å². The van der Waals surface area contributed by atoms with Gasteiger partial charge in [0.1, 0.15) is 12.4 Å². The lowest BCUT2D eigenvalue weighted by molar-refractivity contribution is -0.130. The van der Waals surface area contributed by atoms with Crippen molar-refractivity contribution in [1.29, 1.82) is 0 Å². The number of carbonyl (C=O) groups excluding carboxylic acids is 2. The summed E-state index contributed by atoms with van der Waals surface area (Å²) in [6.45, 7) is 7.18. The maximum absolute atomic E-state index is 12.1. The fraction of sp³-hybridized carbons (Fsp3) is 0.562. The molecule has 7 nitrogen and oxygen atoms in total. The van der Waals surface area contributed by atoms with Crippen molar-refractivity contribution in [1.82, 2.24) is 14.7 Å². The summed E-state index contributed by atoms with van der Waals surface area (Å²) in [5, 5.41) is 7.27. The maximum atomic E-state index is 12.1. The van der Waals surface area contributed by atoms with Crippen LogP contribution in [0, 0.1) is 0 Å². The molecule has 1 atom stereocenters. The molecule has 1 fully saturated rings. The topological polar surface area (TPSA) is 76.5 Å². The first-order valence-corrected chi connectivity index (χ1v) is 7.88. The standard InChI is InChI=1S/C16H24N4O3/c1-4-16(22)20(5-2)10-15(21)17-14-9-13(18-19(14)3)12-7-6-8-23-11-12/h4,9,12H,1,5-8,10-11H2,2-3H3,(H,17,21). The third-order valence-corrected chi connectivity index (χ3v) is 3.95. The van der Waals surface area contributed by atoms with E-state index in [4.69, 9.17) is 4.74 Å². The molecule has 1 aliphatic rings. The van der Waals surface area contributed by atoms with Crippen molar-refractivity contribution in [2.24, 2.45) is 7.05 Å². The van der Waals surface area contributed by atoms with Crippen LogP contribution in [0.1, 0.15) is 31.4 Å². The van der Waals surface area contributed by atoms with Crippen LogP contribution in [-0.4, -0.2) is 52.8 Å². The number of rotatable bonds is 6. The van der Waals surface area contributed by atoms with Crippen LogP contribution >= 0.6 is 0 Å². The van der Waals surface area contributed by atoms with Crippen molar-refractivity contribution in [3.8, 4) is 0 Å². The number of nitrogens with zero attached hydrogens (tertiary/aromatic N) is 3. The van der Waals surface area contributed by atoms with E-state index in [1.165, 1.54) is 11.0 Å². The van der Waals surface area contributed by atoms with E-state index < -0.39 is 0 Å². The van der Waals surface area contributed by atoms with Gasteiger partial charge in [0.05, 0.1) is 12.3 Å². The van der Waals surface area contributed by atoms with Gasteiger partial charge in [0.25, 0.3) is 0 Å². The second-order valence-corrected chi connectivity index (χ2v) is 5.60. The van der Waals surface area contributed by atoms with Crippen LogP contribution in [0.25, 0.3) is 0 Å². The molecule has 0 aromatic carbocycles. The van der Waals surface area contributed by atoms with E-state index >= 15 is 0 Å². The Hall–Kier alpha value is -2.15. The Morgan fingerprint density at radius 2 is 2.39 bits per heavy atom. The molecule has 1 aliphatic heterocycles. The van der Waals surface area contributed by atoms with E-state index in [0.717, 1.165) is 25.1 Å². The Balaban J connectivity index is 1.99. The van der Waals surface area contributed by atoms with Gasteiger partial charge in [-0.15, -0.1) is 0 Å². The lowest BCUT2D eigenvalue weighted by Crippen LogP contribution is -2.37. The van der Waals surface area contributed by atoms with Gasteiger partial charge >= 0.3 is 0 Å². The third-order valence-electron chi connectivity index (χ3n) is 3.95. The van der Waals surface area contributed by atoms with Crippen LogP contribution in [0.4, 0.5) is 5.82 Å². The van der Waals surface area contributed by atoms with E-state index in [9.17, 15) is 9.59 Å². The van der Waals surface area contributed by atoms with E-state index in [1.807, 2.05) is 13.0 Å². The molecule has 2 amide bonds. The molecule has 126 valence electrons. The zero-order valence-corrected chi connectivity index (χ0v) is 13.7. The van der Waals surface area contributed by atoms with Gasteiger partial charge in [-0.3, -0.25) is 14.3 Å². The fourth-order valence-electron chi connectivity index (χ4n) is 2.61. The van der Waals surface area contributed by atoms with Gasteiger partial charge in [-0.1, -0.05) is 6.58 Å². The highest BCUT2D eigenvalue weighted by atomic mass is 16.5. The van der Waals surface area contributed by atoms with Crippen molar-refractivity contribution in [3.63, 3.8) is 0 Å². The number of hydrogen-bond acceptors (Lipinski definition) is 4. The summed E-state index contributed by atoms with van der Waals surface area (Å²) in [5.41, 5.74) is 0.928. The molecule has 1 unspecified atom stereocenters. The molecule has 1 aromatic heterocycles. The van der Waals surface area contributed by atoms with Crippen molar-refractivity contribution in [2.45, 2.75) is 25.7 Å². The Kier molecular flexibility index (Phi) is 5.92. The summed E-state index contributed by atoms with van der Waals surface area (Å²) < 4.78 is 7.13. The number of amides is 2. The molecule has 2 heterocycles. The Labute approximate surface area is 136 Å². The van der Waals surface area contributed by atoms with Crippen molar-refractivity contribution >= 4 is 17.6 Å². The molecule has 1 saturated heterocycles. The largest absolute Gasteiger partial charge is 0.381 e. The molecule has 1 N–H and O–H groups in total. The molecule has 0 aliphatic carbocycles. The average Bonchev–Trinajstić information content (AvgIpc) is 2.93. The monoisotopic (exact) mass is 320 g/mol. The molecule has 2 rings (SSSR count). The number of aryl methyl sites for hydroxylation is 1. The molecular weight excluding hydrogens is 296 g/mol. The summed E-state index contributed by atoms with van der Waals surface area (Å²) in [7, 11) is 1.79. The first-order valence-electron chi connectivity index (χ1n) is 7.88. The molecule has 0 radical (unpaired) electrons. The lowest BCUT2D eigenvalue weighted by atomic mass is 9.99. The zero-order valence-electron chi connectivity index (χ0n) is 13.7. The second-order valence-electron chi connectivity index (χ2n) is 5.60. The average molecular weight is 320 g/mol. The van der Waals surface area contributed by atoms with Gasteiger partial charge < -0.3 is 15.0 Å². The number of likely N-dealkylation sites (N-methyl/N-ethyl adjacent to an activating group) is 1. The van der Waals surface area contributed by atoms with E-state index in [-0.39, 0.29) is 24.3 Å². The summed E-state index contributed by atoms with van der Waals surface area (Å²) >= 11 is 0. The lowest BCUT2D eigenvalue weighted by Gasteiger charge is -2.19. The van der Waals surface area contributed by atoms with Gasteiger partial charge in [-0.25, -0.2) is 0 Å². The van der Waals surface area contributed by atoms with Gasteiger partial charge in [0.15, 0.2) is 0 Å². The second kappa shape index (κ2) is 7.92. The number of carbonyl (C=O) groups is 2. The Morgan fingerprint density at radius 1 is 1.61 bits per heavy atom. The number of hydrogen-bond donors (Lipinski definition) is 1. The van der Waals surface area contributed by atoms with E-state index in [2.05, 4.69) is 17.0 Å². The highest BCUT2D eigenvalue weighted by Gasteiger charge is 2.21. The summed E-state index contributed by atoms with van der Waals surface area (Å²) in [6, 6.07) is 1.88. The fourth-order valence-corrected chi connectivity index (χ4v) is 2.61. The quantitative estimate of drug-likeness (QED) is 0.801. The number of anilines is 1. The van der Waals surface area contributed by atoms with Gasteiger partial charge in [0, 0.05) is 32.2 Å². The van der Waals surface area contributed by atoms with Crippen molar-refractivity contribution < 1.29 is 14.3 Å². The summed E-state index contributed by atoms with van der Waals surface area (Å²) in [5.74, 6) is 0.386.